The molecule has 0 fully saturated rings. The molecule has 4 aromatic rings. The highest BCUT2D eigenvalue weighted by Gasteiger charge is 2.15. The van der Waals surface area contributed by atoms with Crippen LogP contribution in [0.5, 0.6) is 5.88 Å². The van der Waals surface area contributed by atoms with Crippen molar-refractivity contribution in [3.8, 4) is 5.88 Å². The molecule has 116 valence electrons. The lowest BCUT2D eigenvalue weighted by atomic mass is 9.96. The number of para-hydroxylation sites is 1. The molecule has 0 amide bonds. The largest absolute Gasteiger partial charge is 0.494 e. The Labute approximate surface area is 136 Å². The molecule has 2 aromatic heterocycles. The average Bonchev–Trinajstić information content (AvgIpc) is 3.05. The van der Waals surface area contributed by atoms with Gasteiger partial charge < -0.3 is 10.1 Å². The van der Waals surface area contributed by atoms with Crippen LogP contribution in [0.3, 0.4) is 0 Å². The van der Waals surface area contributed by atoms with Crippen LogP contribution < -0.4 is 4.87 Å². The number of fused-ring (bicyclic) bond motifs is 3. The Hall–Kier alpha value is -2.53. The molecule has 0 unspecified atom stereocenters. The van der Waals surface area contributed by atoms with Crippen molar-refractivity contribution in [1.29, 1.82) is 0 Å². The first-order valence-electron chi connectivity index (χ1n) is 7.45. The minimum absolute atomic E-state index is 0.0175. The maximum Gasteiger partial charge on any atom is 0.307 e. The molecule has 0 aliphatic rings. The topological polar surface area (TPSA) is 68.9 Å². The number of aromatic nitrogens is 2. The molecule has 0 aliphatic carbocycles. The van der Waals surface area contributed by atoms with Crippen molar-refractivity contribution in [2.75, 3.05) is 0 Å². The van der Waals surface area contributed by atoms with Crippen molar-refractivity contribution in [2.24, 2.45) is 0 Å². The van der Waals surface area contributed by atoms with Gasteiger partial charge in [0.05, 0.1) is 4.88 Å². The number of aromatic amines is 2. The first kappa shape index (κ1) is 14.1. The average molecular weight is 324 g/mol. The number of rotatable bonds is 2. The Bertz CT molecular complexity index is 1100. The van der Waals surface area contributed by atoms with E-state index in [2.05, 4.69) is 42.0 Å². The van der Waals surface area contributed by atoms with Gasteiger partial charge in [0.2, 0.25) is 5.88 Å². The van der Waals surface area contributed by atoms with Crippen LogP contribution in [0.1, 0.15) is 21.6 Å². The molecule has 0 saturated carbocycles. The highest BCUT2D eigenvalue weighted by atomic mass is 32.1. The minimum Gasteiger partial charge on any atom is -0.494 e. The number of aromatic hydroxyl groups is 1. The predicted molar refractivity (Wildman–Crippen MR) is 94.7 cm³/mol. The zero-order chi connectivity index (χ0) is 16.1. The van der Waals surface area contributed by atoms with E-state index < -0.39 is 0 Å². The summed E-state index contributed by atoms with van der Waals surface area (Å²) in [6.45, 7) is 4.18. The van der Waals surface area contributed by atoms with Gasteiger partial charge in [-0.05, 0) is 36.6 Å². The van der Waals surface area contributed by atoms with E-state index in [4.69, 9.17) is 0 Å². The van der Waals surface area contributed by atoms with Gasteiger partial charge in [0.15, 0.2) is 0 Å². The van der Waals surface area contributed by atoms with Gasteiger partial charge in [0.1, 0.15) is 0 Å². The minimum atomic E-state index is -0.222. The number of thiazole rings is 1. The van der Waals surface area contributed by atoms with E-state index in [9.17, 15) is 9.90 Å². The van der Waals surface area contributed by atoms with Crippen molar-refractivity contribution >= 4 is 33.1 Å². The lowest BCUT2D eigenvalue weighted by Crippen LogP contribution is -1.93. The van der Waals surface area contributed by atoms with Crippen molar-refractivity contribution in [2.45, 2.75) is 20.3 Å². The van der Waals surface area contributed by atoms with E-state index in [-0.39, 0.29) is 10.8 Å². The third-order valence-electron chi connectivity index (χ3n) is 4.40. The Kier molecular flexibility index (Phi) is 3.06. The number of H-pyrrole nitrogens is 2. The van der Waals surface area contributed by atoms with Crippen molar-refractivity contribution in [1.82, 2.24) is 9.97 Å². The highest BCUT2D eigenvalue weighted by molar-refractivity contribution is 7.09. The molecule has 0 bridgehead atoms. The van der Waals surface area contributed by atoms with Gasteiger partial charge in [0, 0.05) is 28.2 Å². The maximum absolute atomic E-state index is 11.4. The Balaban J connectivity index is 1.97. The molecule has 0 atom stereocenters. The van der Waals surface area contributed by atoms with Crippen LogP contribution in [0.15, 0.2) is 35.1 Å². The third-order valence-corrected chi connectivity index (χ3v) is 5.27. The second kappa shape index (κ2) is 4.99. The summed E-state index contributed by atoms with van der Waals surface area (Å²) in [5, 5.41) is 12.3. The van der Waals surface area contributed by atoms with Gasteiger partial charge in [-0.3, -0.25) is 9.78 Å². The Morgan fingerprint density at radius 2 is 1.96 bits per heavy atom. The van der Waals surface area contributed by atoms with Gasteiger partial charge in [-0.2, -0.15) is 0 Å². The van der Waals surface area contributed by atoms with Gasteiger partial charge in [-0.1, -0.05) is 35.6 Å². The van der Waals surface area contributed by atoms with Crippen LogP contribution >= 0.6 is 11.3 Å². The molecule has 4 nitrogen and oxygen atoms in total. The summed E-state index contributed by atoms with van der Waals surface area (Å²) in [5.74, 6) is -0.0175. The SMILES string of the molecule is Cc1cc(Cc2sc(=O)[nH]c2O)c(C)c2c1[nH]c1ccccc12. The second-order valence-electron chi connectivity index (χ2n) is 5.86. The van der Waals surface area contributed by atoms with E-state index in [0.717, 1.165) is 27.9 Å². The van der Waals surface area contributed by atoms with Crippen molar-refractivity contribution < 1.29 is 5.11 Å². The standard InChI is InChI=1S/C18H16N2O2S/c1-9-7-11(8-14-17(21)20-18(22)23-14)10(2)15-12-5-3-4-6-13(12)19-16(9)15/h3-7,19,21H,8H2,1-2H3,(H,20,22). The molecular formula is C18H16N2O2S. The zero-order valence-corrected chi connectivity index (χ0v) is 13.7. The normalized spacial score (nSPS) is 11.6. The summed E-state index contributed by atoms with van der Waals surface area (Å²) in [5.41, 5.74) is 5.76. The van der Waals surface area contributed by atoms with Crippen LogP contribution in [0.25, 0.3) is 21.8 Å². The van der Waals surface area contributed by atoms with Crippen molar-refractivity contribution in [3.05, 3.63) is 61.6 Å². The lowest BCUT2D eigenvalue weighted by molar-refractivity contribution is 0.451. The smallest absolute Gasteiger partial charge is 0.307 e. The molecular weight excluding hydrogens is 308 g/mol. The van der Waals surface area contributed by atoms with Crippen LogP contribution in [0.4, 0.5) is 0 Å². The van der Waals surface area contributed by atoms with Crippen molar-refractivity contribution in [3.63, 3.8) is 0 Å². The Morgan fingerprint density at radius 3 is 2.70 bits per heavy atom. The summed E-state index contributed by atoms with van der Waals surface area (Å²) in [6, 6.07) is 10.4. The van der Waals surface area contributed by atoms with E-state index in [1.54, 1.807) is 0 Å². The fourth-order valence-electron chi connectivity index (χ4n) is 3.26. The summed E-state index contributed by atoms with van der Waals surface area (Å²) in [4.78, 5) is 17.8. The molecule has 2 heterocycles. The monoisotopic (exact) mass is 324 g/mol. The molecule has 3 N–H and O–H groups in total. The van der Waals surface area contributed by atoms with Gasteiger partial charge >= 0.3 is 4.87 Å². The second-order valence-corrected chi connectivity index (χ2v) is 6.93. The number of nitrogens with one attached hydrogen (secondary N) is 2. The molecule has 0 saturated heterocycles. The number of hydrogen-bond donors (Lipinski definition) is 3. The molecule has 5 heteroatoms. The fraction of sp³-hybridized carbons (Fsp3) is 0.167. The van der Waals surface area contributed by atoms with Gasteiger partial charge in [-0.25, -0.2) is 0 Å². The number of benzene rings is 2. The summed E-state index contributed by atoms with van der Waals surface area (Å²) in [7, 11) is 0. The van der Waals surface area contributed by atoms with Crippen LogP contribution in [0.2, 0.25) is 0 Å². The summed E-state index contributed by atoms with van der Waals surface area (Å²) in [6.07, 6.45) is 0.553. The zero-order valence-electron chi connectivity index (χ0n) is 12.9. The lowest BCUT2D eigenvalue weighted by Gasteiger charge is -2.09. The van der Waals surface area contributed by atoms with Crippen LogP contribution in [-0.2, 0) is 6.42 Å². The van der Waals surface area contributed by atoms with E-state index in [1.165, 1.54) is 21.9 Å². The van der Waals surface area contributed by atoms with Gasteiger partial charge in [-0.15, -0.1) is 0 Å². The quantitative estimate of drug-likeness (QED) is 0.522. The highest BCUT2D eigenvalue weighted by Crippen LogP contribution is 2.34. The molecule has 4 rings (SSSR count). The number of aryl methyl sites for hydroxylation is 2. The molecule has 2 aromatic carbocycles. The van der Waals surface area contributed by atoms with E-state index >= 15 is 0 Å². The molecule has 0 spiro atoms. The Morgan fingerprint density at radius 1 is 1.17 bits per heavy atom. The molecule has 23 heavy (non-hydrogen) atoms. The maximum atomic E-state index is 11.4. The molecule has 0 radical (unpaired) electrons. The first-order chi connectivity index (χ1) is 11.0. The fourth-order valence-corrected chi connectivity index (χ4v) is 4.00. The van der Waals surface area contributed by atoms with E-state index in [0.29, 0.717) is 11.3 Å². The van der Waals surface area contributed by atoms with Gasteiger partial charge in [0.25, 0.3) is 0 Å². The number of hydrogen-bond acceptors (Lipinski definition) is 3. The third kappa shape index (κ3) is 2.16. The van der Waals surface area contributed by atoms with Crippen LogP contribution in [-0.4, -0.2) is 15.1 Å². The van der Waals surface area contributed by atoms with Crippen LogP contribution in [0, 0.1) is 13.8 Å². The first-order valence-corrected chi connectivity index (χ1v) is 8.26. The van der Waals surface area contributed by atoms with E-state index in [1.807, 2.05) is 12.1 Å². The summed E-state index contributed by atoms with van der Waals surface area (Å²) >= 11 is 1.07. The molecule has 0 aliphatic heterocycles. The predicted octanol–water partition coefficient (Wildman–Crippen LogP) is 3.98. The summed E-state index contributed by atoms with van der Waals surface area (Å²) < 4.78 is 0.